The van der Waals surface area contributed by atoms with Crippen molar-refractivity contribution in [3.05, 3.63) is 29.8 Å². The van der Waals surface area contributed by atoms with Gasteiger partial charge >= 0.3 is 5.97 Å². The molecular weight excluding hydrogens is 294 g/mol. The zero-order chi connectivity index (χ0) is 15.5. The van der Waals surface area contributed by atoms with Crippen molar-refractivity contribution < 1.29 is 23.1 Å². The lowest BCUT2D eigenvalue weighted by Crippen LogP contribution is -2.42. The molecule has 0 spiro atoms. The zero-order valence-electron chi connectivity index (χ0n) is 11.9. The topological polar surface area (TPSA) is 83.9 Å². The van der Waals surface area contributed by atoms with E-state index < -0.39 is 16.1 Å². The van der Waals surface area contributed by atoms with Gasteiger partial charge in [0.15, 0.2) is 0 Å². The minimum Gasteiger partial charge on any atom is -0.469 e. The van der Waals surface area contributed by atoms with E-state index in [0.717, 1.165) is 0 Å². The quantitative estimate of drug-likeness (QED) is 0.821. The second kappa shape index (κ2) is 6.55. The molecule has 1 N–H and O–H groups in total. The predicted molar refractivity (Wildman–Crippen MR) is 76.2 cm³/mol. The van der Waals surface area contributed by atoms with Crippen molar-refractivity contribution >= 4 is 16.0 Å². The number of aliphatic hydroxyl groups is 1. The van der Waals surface area contributed by atoms with Crippen LogP contribution < -0.4 is 0 Å². The first-order chi connectivity index (χ1) is 9.93. The number of sulfonamides is 1. The second-order valence-electron chi connectivity index (χ2n) is 5.06. The highest BCUT2D eigenvalue weighted by molar-refractivity contribution is 7.89. The molecule has 1 aromatic carbocycles. The molecule has 0 radical (unpaired) electrons. The molecule has 2 rings (SSSR count). The van der Waals surface area contributed by atoms with Crippen LogP contribution in [-0.4, -0.2) is 50.1 Å². The minimum atomic E-state index is -3.59. The summed E-state index contributed by atoms with van der Waals surface area (Å²) in [6.07, 6.45) is 0.789. The first-order valence-corrected chi connectivity index (χ1v) is 8.21. The fourth-order valence-electron chi connectivity index (χ4n) is 2.31. The molecule has 0 bridgehead atoms. The number of β-amino-alcohol motifs (C(OH)–C–C–N with tert-alkyl or cyclic N) is 1. The van der Waals surface area contributed by atoms with Gasteiger partial charge in [0, 0.05) is 13.1 Å². The van der Waals surface area contributed by atoms with Gasteiger partial charge < -0.3 is 9.84 Å². The van der Waals surface area contributed by atoms with Crippen LogP contribution in [0.15, 0.2) is 29.2 Å². The van der Waals surface area contributed by atoms with Gasteiger partial charge in [-0.25, -0.2) is 8.42 Å². The molecule has 1 fully saturated rings. The maximum Gasteiger partial charge on any atom is 0.309 e. The van der Waals surface area contributed by atoms with Crippen molar-refractivity contribution in [1.82, 2.24) is 4.31 Å². The van der Waals surface area contributed by atoms with E-state index in [4.69, 9.17) is 0 Å². The molecular formula is C14H19NO5S. The molecule has 0 aliphatic carbocycles. The predicted octanol–water partition coefficient (Wildman–Crippen LogP) is 0.547. The van der Waals surface area contributed by atoms with Crippen LogP contribution in [0.4, 0.5) is 0 Å². The summed E-state index contributed by atoms with van der Waals surface area (Å²) in [5.74, 6) is -0.371. The molecule has 1 saturated heterocycles. The Labute approximate surface area is 124 Å². The number of rotatable bonds is 4. The van der Waals surface area contributed by atoms with Crippen LogP contribution in [0.2, 0.25) is 0 Å². The lowest BCUT2D eigenvalue weighted by atomic mass is 10.1. The summed E-state index contributed by atoms with van der Waals surface area (Å²) in [5, 5.41) is 9.60. The van der Waals surface area contributed by atoms with E-state index in [1.807, 2.05) is 0 Å². The van der Waals surface area contributed by atoms with E-state index in [2.05, 4.69) is 4.74 Å². The van der Waals surface area contributed by atoms with E-state index >= 15 is 0 Å². The van der Waals surface area contributed by atoms with Crippen molar-refractivity contribution in [2.24, 2.45) is 0 Å². The third kappa shape index (κ3) is 3.81. The molecule has 1 heterocycles. The van der Waals surface area contributed by atoms with Crippen LogP contribution in [0, 0.1) is 0 Å². The Morgan fingerprint density at radius 3 is 2.62 bits per heavy atom. The molecule has 1 unspecified atom stereocenters. The molecule has 0 amide bonds. The summed E-state index contributed by atoms with van der Waals surface area (Å²) in [6, 6.07) is 6.16. The number of piperidine rings is 1. The highest BCUT2D eigenvalue weighted by atomic mass is 32.2. The van der Waals surface area contributed by atoms with Crippen molar-refractivity contribution in [3.8, 4) is 0 Å². The smallest absolute Gasteiger partial charge is 0.309 e. The monoisotopic (exact) mass is 313 g/mol. The van der Waals surface area contributed by atoms with Crippen LogP contribution >= 0.6 is 0 Å². The van der Waals surface area contributed by atoms with Crippen molar-refractivity contribution in [1.29, 1.82) is 0 Å². The fourth-order valence-corrected chi connectivity index (χ4v) is 3.82. The Bertz CT molecular complexity index is 596. The van der Waals surface area contributed by atoms with Gasteiger partial charge in [-0.1, -0.05) is 12.1 Å². The number of carbonyl (C=O) groups excluding carboxylic acids is 1. The van der Waals surface area contributed by atoms with Crippen molar-refractivity contribution in [2.45, 2.75) is 30.3 Å². The molecule has 1 aliphatic rings. The normalized spacial score (nSPS) is 20.2. The first-order valence-electron chi connectivity index (χ1n) is 6.77. The third-order valence-corrected chi connectivity index (χ3v) is 5.38. The molecule has 7 heteroatoms. The minimum absolute atomic E-state index is 0.110. The summed E-state index contributed by atoms with van der Waals surface area (Å²) in [5.41, 5.74) is 0.694. The molecule has 1 aromatic rings. The van der Waals surface area contributed by atoms with Gasteiger partial charge in [-0.15, -0.1) is 0 Å². The van der Waals surface area contributed by atoms with E-state index in [-0.39, 0.29) is 23.8 Å². The van der Waals surface area contributed by atoms with Gasteiger partial charge in [0.1, 0.15) is 0 Å². The largest absolute Gasteiger partial charge is 0.469 e. The van der Waals surface area contributed by atoms with Crippen LogP contribution in [0.25, 0.3) is 0 Å². The summed E-state index contributed by atoms with van der Waals surface area (Å²) >= 11 is 0. The maximum atomic E-state index is 12.4. The average Bonchev–Trinajstić information content (AvgIpc) is 2.47. The number of ether oxygens (including phenoxy) is 1. The van der Waals surface area contributed by atoms with Gasteiger partial charge in [-0.3, -0.25) is 4.79 Å². The van der Waals surface area contributed by atoms with Crippen molar-refractivity contribution in [2.75, 3.05) is 20.2 Å². The summed E-state index contributed by atoms with van der Waals surface area (Å²) in [6.45, 7) is 0.551. The number of aliphatic hydroxyl groups excluding tert-OH is 1. The molecule has 1 aliphatic heterocycles. The Balaban J connectivity index is 2.15. The van der Waals surface area contributed by atoms with E-state index in [0.29, 0.717) is 24.9 Å². The third-order valence-electron chi connectivity index (χ3n) is 3.50. The molecule has 1 atom stereocenters. The van der Waals surface area contributed by atoms with Crippen LogP contribution in [0.5, 0.6) is 0 Å². The van der Waals surface area contributed by atoms with Crippen molar-refractivity contribution in [3.63, 3.8) is 0 Å². The Morgan fingerprint density at radius 1 is 1.38 bits per heavy atom. The van der Waals surface area contributed by atoms with Crippen LogP contribution in [-0.2, 0) is 26.0 Å². The number of benzene rings is 1. The lowest BCUT2D eigenvalue weighted by molar-refractivity contribution is -0.139. The second-order valence-corrected chi connectivity index (χ2v) is 6.99. The zero-order valence-corrected chi connectivity index (χ0v) is 12.7. The number of nitrogens with zero attached hydrogens (tertiary/aromatic N) is 1. The van der Waals surface area contributed by atoms with Gasteiger partial charge in [0.25, 0.3) is 0 Å². The van der Waals surface area contributed by atoms with Crippen LogP contribution in [0.1, 0.15) is 18.4 Å². The molecule has 6 nitrogen and oxygen atoms in total. The van der Waals surface area contributed by atoms with Gasteiger partial charge in [-0.2, -0.15) is 4.31 Å². The molecule has 0 saturated carbocycles. The summed E-state index contributed by atoms with van der Waals surface area (Å²) < 4.78 is 30.8. The van der Waals surface area contributed by atoms with E-state index in [9.17, 15) is 18.3 Å². The highest BCUT2D eigenvalue weighted by Crippen LogP contribution is 2.21. The average molecular weight is 313 g/mol. The van der Waals surface area contributed by atoms with Gasteiger partial charge in [-0.05, 0) is 30.5 Å². The Morgan fingerprint density at radius 2 is 2.05 bits per heavy atom. The standard InChI is InChI=1S/C14H19NO5S/c1-20-14(17)9-11-4-6-13(7-5-11)21(18,19)15-8-2-3-12(16)10-15/h4-7,12,16H,2-3,8-10H2,1H3. The fraction of sp³-hybridized carbons (Fsp3) is 0.500. The summed E-state index contributed by atoms with van der Waals surface area (Å²) in [4.78, 5) is 11.3. The number of hydrogen-bond donors (Lipinski definition) is 1. The molecule has 21 heavy (non-hydrogen) atoms. The van der Waals surface area contributed by atoms with E-state index in [1.54, 1.807) is 12.1 Å². The molecule has 0 aromatic heterocycles. The van der Waals surface area contributed by atoms with Gasteiger partial charge in [0.05, 0.1) is 24.5 Å². The van der Waals surface area contributed by atoms with Gasteiger partial charge in [0.2, 0.25) is 10.0 Å². The Kier molecular flexibility index (Phi) is 4.97. The SMILES string of the molecule is COC(=O)Cc1ccc(S(=O)(=O)N2CCCC(O)C2)cc1. The van der Waals surface area contributed by atoms with E-state index in [1.165, 1.54) is 23.5 Å². The maximum absolute atomic E-state index is 12.4. The number of methoxy groups -OCH3 is 1. The van der Waals surface area contributed by atoms with Crippen LogP contribution in [0.3, 0.4) is 0 Å². The highest BCUT2D eigenvalue weighted by Gasteiger charge is 2.29. The first kappa shape index (κ1) is 15.9. The number of hydrogen-bond acceptors (Lipinski definition) is 5. The summed E-state index contributed by atoms with van der Waals surface area (Å²) in [7, 11) is -2.28. The molecule has 116 valence electrons. The number of carbonyl (C=O) groups is 1. The lowest BCUT2D eigenvalue weighted by Gasteiger charge is -2.29. The Hall–Kier alpha value is -1.44. The number of esters is 1.